The van der Waals surface area contributed by atoms with Crippen LogP contribution in [-0.2, 0) is 6.42 Å². The molecule has 0 saturated heterocycles. The predicted octanol–water partition coefficient (Wildman–Crippen LogP) is 6.88. The van der Waals surface area contributed by atoms with Crippen LogP contribution in [-0.4, -0.2) is 6.61 Å². The molecule has 1 aromatic heterocycles. The number of unbranched alkanes of at least 4 members (excludes halogenated alkanes) is 1. The van der Waals surface area contributed by atoms with Crippen LogP contribution in [0.3, 0.4) is 0 Å². The second kappa shape index (κ2) is 7.66. The maximum atomic E-state index is 13.3. The van der Waals surface area contributed by atoms with Gasteiger partial charge < -0.3 is 4.74 Å². The standard InChI is InChI=1S/C20H20BrFOS/c1-3-4-7-23-19-8-13(2)14(12-18(19)21)10-17-11-15-9-16(22)5-6-20(15)24-17/h5-6,8-9,11-12H,3-4,7,10H2,1-2H3. The summed E-state index contributed by atoms with van der Waals surface area (Å²) in [6.07, 6.45) is 3.04. The highest BCUT2D eigenvalue weighted by molar-refractivity contribution is 9.10. The number of hydrogen-bond donors (Lipinski definition) is 0. The first-order valence-electron chi connectivity index (χ1n) is 8.16. The molecule has 0 spiro atoms. The van der Waals surface area contributed by atoms with Crippen LogP contribution < -0.4 is 4.74 Å². The zero-order valence-electron chi connectivity index (χ0n) is 13.9. The van der Waals surface area contributed by atoms with Crippen molar-refractivity contribution in [2.75, 3.05) is 6.61 Å². The highest BCUT2D eigenvalue weighted by Crippen LogP contribution is 2.33. The smallest absolute Gasteiger partial charge is 0.133 e. The highest BCUT2D eigenvalue weighted by atomic mass is 79.9. The molecule has 2 aromatic carbocycles. The average Bonchev–Trinajstić information content (AvgIpc) is 2.93. The van der Waals surface area contributed by atoms with Gasteiger partial charge in [-0.2, -0.15) is 0 Å². The van der Waals surface area contributed by atoms with Gasteiger partial charge in [-0.15, -0.1) is 11.3 Å². The third-order valence-corrected chi connectivity index (χ3v) is 5.78. The molecule has 0 aliphatic rings. The van der Waals surface area contributed by atoms with Gasteiger partial charge in [0.2, 0.25) is 0 Å². The number of halogens is 2. The molecule has 0 fully saturated rings. The molecule has 3 aromatic rings. The quantitative estimate of drug-likeness (QED) is 0.405. The number of aryl methyl sites for hydroxylation is 1. The molecule has 3 rings (SSSR count). The number of rotatable bonds is 6. The Hall–Kier alpha value is -1.39. The van der Waals surface area contributed by atoms with Gasteiger partial charge in [0, 0.05) is 16.0 Å². The van der Waals surface area contributed by atoms with Gasteiger partial charge in [0.25, 0.3) is 0 Å². The van der Waals surface area contributed by atoms with Crippen LogP contribution in [0.5, 0.6) is 5.75 Å². The monoisotopic (exact) mass is 406 g/mol. The Morgan fingerprint density at radius 3 is 2.79 bits per heavy atom. The molecule has 0 amide bonds. The fraction of sp³-hybridized carbons (Fsp3) is 0.300. The molecular formula is C20H20BrFOS. The Morgan fingerprint density at radius 2 is 2.00 bits per heavy atom. The molecule has 0 saturated carbocycles. The van der Waals surface area contributed by atoms with E-state index in [0.29, 0.717) is 0 Å². The fourth-order valence-electron chi connectivity index (χ4n) is 2.67. The Labute approximate surface area is 154 Å². The van der Waals surface area contributed by atoms with Gasteiger partial charge in [-0.1, -0.05) is 13.3 Å². The summed E-state index contributed by atoms with van der Waals surface area (Å²) < 4.78 is 21.3. The summed E-state index contributed by atoms with van der Waals surface area (Å²) in [6, 6.07) is 11.3. The summed E-state index contributed by atoms with van der Waals surface area (Å²) in [7, 11) is 0. The van der Waals surface area contributed by atoms with Crippen molar-refractivity contribution in [3.05, 3.63) is 62.7 Å². The Morgan fingerprint density at radius 1 is 1.17 bits per heavy atom. The normalized spacial score (nSPS) is 11.2. The summed E-state index contributed by atoms with van der Waals surface area (Å²) in [5, 5.41) is 0.978. The first-order valence-corrected chi connectivity index (χ1v) is 9.77. The van der Waals surface area contributed by atoms with Crippen molar-refractivity contribution >= 4 is 37.4 Å². The summed E-state index contributed by atoms with van der Waals surface area (Å²) in [5.41, 5.74) is 2.48. The molecule has 0 aliphatic heterocycles. The van der Waals surface area contributed by atoms with Crippen LogP contribution in [0.2, 0.25) is 0 Å². The van der Waals surface area contributed by atoms with E-state index in [1.807, 2.05) is 6.07 Å². The van der Waals surface area contributed by atoms with E-state index < -0.39 is 0 Å². The van der Waals surface area contributed by atoms with Gasteiger partial charge in [-0.05, 0) is 82.2 Å². The lowest BCUT2D eigenvalue weighted by atomic mass is 10.0. The number of ether oxygens (including phenoxy) is 1. The van der Waals surface area contributed by atoms with E-state index in [1.54, 1.807) is 17.4 Å². The van der Waals surface area contributed by atoms with E-state index in [4.69, 9.17) is 4.74 Å². The molecule has 0 aliphatic carbocycles. The van der Waals surface area contributed by atoms with Crippen molar-refractivity contribution in [1.29, 1.82) is 0 Å². The van der Waals surface area contributed by atoms with Crippen LogP contribution in [0.25, 0.3) is 10.1 Å². The summed E-state index contributed by atoms with van der Waals surface area (Å²) in [6.45, 7) is 5.01. The van der Waals surface area contributed by atoms with E-state index >= 15 is 0 Å². The van der Waals surface area contributed by atoms with Gasteiger partial charge in [0.1, 0.15) is 11.6 Å². The Balaban J connectivity index is 1.82. The van der Waals surface area contributed by atoms with Gasteiger partial charge in [-0.3, -0.25) is 0 Å². The average molecular weight is 407 g/mol. The lowest BCUT2D eigenvalue weighted by Gasteiger charge is -2.12. The minimum Gasteiger partial charge on any atom is -0.492 e. The van der Waals surface area contributed by atoms with Crippen molar-refractivity contribution in [2.24, 2.45) is 0 Å². The largest absolute Gasteiger partial charge is 0.492 e. The van der Waals surface area contributed by atoms with E-state index in [0.717, 1.165) is 46.2 Å². The number of benzene rings is 2. The highest BCUT2D eigenvalue weighted by Gasteiger charge is 2.10. The molecule has 0 bridgehead atoms. The van der Waals surface area contributed by atoms with E-state index in [-0.39, 0.29) is 5.82 Å². The van der Waals surface area contributed by atoms with Crippen LogP contribution in [0.4, 0.5) is 4.39 Å². The number of thiophene rings is 1. The lowest BCUT2D eigenvalue weighted by molar-refractivity contribution is 0.307. The zero-order valence-corrected chi connectivity index (χ0v) is 16.3. The van der Waals surface area contributed by atoms with Gasteiger partial charge in [0.15, 0.2) is 0 Å². The van der Waals surface area contributed by atoms with Crippen LogP contribution in [0, 0.1) is 12.7 Å². The molecule has 0 radical (unpaired) electrons. The molecule has 1 nitrogen and oxygen atoms in total. The van der Waals surface area contributed by atoms with Gasteiger partial charge in [-0.25, -0.2) is 4.39 Å². The van der Waals surface area contributed by atoms with E-state index in [1.165, 1.54) is 22.1 Å². The fourth-order valence-corrected chi connectivity index (χ4v) is 4.24. The second-order valence-corrected chi connectivity index (χ2v) is 8.01. The van der Waals surface area contributed by atoms with E-state index in [9.17, 15) is 4.39 Å². The minimum absolute atomic E-state index is 0.181. The molecule has 4 heteroatoms. The number of hydrogen-bond acceptors (Lipinski definition) is 2. The SMILES string of the molecule is CCCCOc1cc(C)c(Cc2cc3cc(F)ccc3s2)cc1Br. The van der Waals surface area contributed by atoms with E-state index in [2.05, 4.69) is 48.0 Å². The van der Waals surface area contributed by atoms with Crippen LogP contribution in [0.15, 0.2) is 40.9 Å². The van der Waals surface area contributed by atoms with Crippen molar-refractivity contribution < 1.29 is 9.13 Å². The maximum Gasteiger partial charge on any atom is 0.133 e. The van der Waals surface area contributed by atoms with Crippen molar-refractivity contribution in [3.8, 4) is 5.75 Å². The predicted molar refractivity (Wildman–Crippen MR) is 104 cm³/mol. The molecule has 1 heterocycles. The Kier molecular flexibility index (Phi) is 5.57. The molecule has 126 valence electrons. The van der Waals surface area contributed by atoms with Crippen LogP contribution >= 0.6 is 27.3 Å². The lowest BCUT2D eigenvalue weighted by Crippen LogP contribution is -1.99. The number of fused-ring (bicyclic) bond motifs is 1. The topological polar surface area (TPSA) is 9.23 Å². The third-order valence-electron chi connectivity index (χ3n) is 4.04. The molecular weight excluding hydrogens is 387 g/mol. The summed E-state index contributed by atoms with van der Waals surface area (Å²) in [4.78, 5) is 1.24. The second-order valence-electron chi connectivity index (χ2n) is 5.98. The first-order chi connectivity index (χ1) is 11.6. The Bertz CT molecular complexity index is 856. The molecule has 0 atom stereocenters. The minimum atomic E-state index is -0.181. The zero-order chi connectivity index (χ0) is 17.1. The third kappa shape index (κ3) is 3.98. The molecule has 24 heavy (non-hydrogen) atoms. The van der Waals surface area contributed by atoms with Crippen molar-refractivity contribution in [1.82, 2.24) is 0 Å². The summed E-state index contributed by atoms with van der Waals surface area (Å²) in [5.74, 6) is 0.725. The molecule has 0 N–H and O–H groups in total. The van der Waals surface area contributed by atoms with Crippen molar-refractivity contribution in [3.63, 3.8) is 0 Å². The summed E-state index contributed by atoms with van der Waals surface area (Å²) >= 11 is 5.34. The maximum absolute atomic E-state index is 13.3. The van der Waals surface area contributed by atoms with Gasteiger partial charge in [0.05, 0.1) is 11.1 Å². The first kappa shape index (κ1) is 17.4. The van der Waals surface area contributed by atoms with Crippen molar-refractivity contribution in [2.45, 2.75) is 33.1 Å². The van der Waals surface area contributed by atoms with Gasteiger partial charge >= 0.3 is 0 Å². The van der Waals surface area contributed by atoms with Crippen LogP contribution in [0.1, 0.15) is 35.8 Å². The molecule has 0 unspecified atom stereocenters.